The van der Waals surface area contributed by atoms with Crippen molar-refractivity contribution in [3.05, 3.63) is 0 Å². The number of nitrogens with zero attached hydrogens (tertiary/aromatic N) is 1. The van der Waals surface area contributed by atoms with Crippen LogP contribution in [-0.2, 0) is 4.79 Å². The van der Waals surface area contributed by atoms with Gasteiger partial charge in [-0.2, -0.15) is 0 Å². The Bertz CT molecular complexity index is 225. The molecule has 0 amide bonds. The SMILES string of the molecule is CCCC(C)(C=O)CN1CCC(C)(C)C1. The number of carbonyl (C=O) groups is 1. The van der Waals surface area contributed by atoms with Crippen LogP contribution < -0.4 is 0 Å². The van der Waals surface area contributed by atoms with Crippen LogP contribution in [0.25, 0.3) is 0 Å². The first-order valence-corrected chi connectivity index (χ1v) is 6.09. The Balaban J connectivity index is 2.50. The Kier molecular flexibility index (Phi) is 3.93. The number of hydrogen-bond donors (Lipinski definition) is 0. The quantitative estimate of drug-likeness (QED) is 0.652. The largest absolute Gasteiger partial charge is 0.303 e. The van der Waals surface area contributed by atoms with Gasteiger partial charge >= 0.3 is 0 Å². The topological polar surface area (TPSA) is 20.3 Å². The Morgan fingerprint density at radius 1 is 1.47 bits per heavy atom. The molecule has 1 rings (SSSR count). The maximum Gasteiger partial charge on any atom is 0.127 e. The zero-order valence-corrected chi connectivity index (χ0v) is 10.7. The van der Waals surface area contributed by atoms with Crippen LogP contribution in [-0.4, -0.2) is 30.8 Å². The molecule has 0 N–H and O–H groups in total. The highest BCUT2D eigenvalue weighted by molar-refractivity contribution is 5.59. The lowest BCUT2D eigenvalue weighted by molar-refractivity contribution is -0.116. The van der Waals surface area contributed by atoms with Crippen molar-refractivity contribution in [1.29, 1.82) is 0 Å². The molecule has 0 radical (unpaired) electrons. The molecule has 0 saturated carbocycles. The lowest BCUT2D eigenvalue weighted by atomic mass is 9.86. The minimum atomic E-state index is -0.130. The van der Waals surface area contributed by atoms with Crippen LogP contribution in [0.4, 0.5) is 0 Å². The van der Waals surface area contributed by atoms with E-state index in [0.29, 0.717) is 5.41 Å². The summed E-state index contributed by atoms with van der Waals surface area (Å²) in [6.07, 6.45) is 4.51. The highest BCUT2D eigenvalue weighted by Gasteiger charge is 2.33. The second-order valence-electron chi connectivity index (χ2n) is 6.15. The molecule has 1 saturated heterocycles. The highest BCUT2D eigenvalue weighted by Crippen LogP contribution is 2.32. The van der Waals surface area contributed by atoms with Crippen LogP contribution in [0.5, 0.6) is 0 Å². The Labute approximate surface area is 94.0 Å². The molecule has 0 aliphatic carbocycles. The van der Waals surface area contributed by atoms with Gasteiger partial charge in [0.05, 0.1) is 0 Å². The second kappa shape index (κ2) is 4.65. The normalized spacial score (nSPS) is 25.1. The van der Waals surface area contributed by atoms with E-state index in [1.54, 1.807) is 0 Å². The maximum atomic E-state index is 11.1. The minimum absolute atomic E-state index is 0.130. The van der Waals surface area contributed by atoms with Gasteiger partial charge in [-0.25, -0.2) is 0 Å². The molecule has 0 aromatic heterocycles. The van der Waals surface area contributed by atoms with Crippen LogP contribution in [0, 0.1) is 10.8 Å². The van der Waals surface area contributed by atoms with E-state index >= 15 is 0 Å². The Morgan fingerprint density at radius 3 is 2.53 bits per heavy atom. The van der Waals surface area contributed by atoms with Crippen molar-refractivity contribution in [2.24, 2.45) is 10.8 Å². The molecule has 0 aromatic rings. The summed E-state index contributed by atoms with van der Waals surface area (Å²) in [6, 6.07) is 0. The molecular formula is C13H25NO. The number of carbonyl (C=O) groups excluding carboxylic acids is 1. The van der Waals surface area contributed by atoms with Gasteiger partial charge in [-0.1, -0.05) is 34.1 Å². The van der Waals surface area contributed by atoms with Crippen LogP contribution in [0.15, 0.2) is 0 Å². The van der Waals surface area contributed by atoms with Crippen molar-refractivity contribution >= 4 is 6.29 Å². The molecule has 0 aromatic carbocycles. The minimum Gasteiger partial charge on any atom is -0.303 e. The summed E-state index contributed by atoms with van der Waals surface area (Å²) in [5.74, 6) is 0. The predicted molar refractivity (Wildman–Crippen MR) is 63.9 cm³/mol. The average Bonchev–Trinajstić information content (AvgIpc) is 2.46. The molecule has 1 fully saturated rings. The van der Waals surface area contributed by atoms with Crippen LogP contribution in [0.3, 0.4) is 0 Å². The fourth-order valence-electron chi connectivity index (χ4n) is 2.62. The predicted octanol–water partition coefficient (Wildman–Crippen LogP) is 2.72. The molecule has 1 unspecified atom stereocenters. The summed E-state index contributed by atoms with van der Waals surface area (Å²) in [6.45, 7) is 12.1. The summed E-state index contributed by atoms with van der Waals surface area (Å²) in [5, 5.41) is 0. The van der Waals surface area contributed by atoms with Crippen molar-refractivity contribution in [2.75, 3.05) is 19.6 Å². The molecule has 1 aliphatic heterocycles. The van der Waals surface area contributed by atoms with Gasteiger partial charge in [0.15, 0.2) is 0 Å². The van der Waals surface area contributed by atoms with Crippen LogP contribution in [0.2, 0.25) is 0 Å². The molecule has 1 aliphatic rings. The van der Waals surface area contributed by atoms with Crippen molar-refractivity contribution < 1.29 is 4.79 Å². The lowest BCUT2D eigenvalue weighted by Gasteiger charge is -2.29. The number of rotatable bonds is 5. The van der Waals surface area contributed by atoms with Crippen molar-refractivity contribution in [1.82, 2.24) is 4.90 Å². The molecule has 2 nitrogen and oxygen atoms in total. The highest BCUT2D eigenvalue weighted by atomic mass is 16.1. The third-order valence-corrected chi connectivity index (χ3v) is 3.45. The number of aldehydes is 1. The van der Waals surface area contributed by atoms with E-state index < -0.39 is 0 Å². The third-order valence-electron chi connectivity index (χ3n) is 3.45. The number of hydrogen-bond acceptors (Lipinski definition) is 2. The summed E-state index contributed by atoms with van der Waals surface area (Å²) in [4.78, 5) is 13.6. The van der Waals surface area contributed by atoms with E-state index in [-0.39, 0.29) is 5.41 Å². The fourth-order valence-corrected chi connectivity index (χ4v) is 2.62. The zero-order chi connectivity index (χ0) is 11.5. The van der Waals surface area contributed by atoms with Gasteiger partial charge in [0.25, 0.3) is 0 Å². The van der Waals surface area contributed by atoms with Gasteiger partial charge in [-0.3, -0.25) is 0 Å². The first-order chi connectivity index (χ1) is 6.91. The van der Waals surface area contributed by atoms with Crippen molar-refractivity contribution in [2.45, 2.75) is 47.0 Å². The fraction of sp³-hybridized carbons (Fsp3) is 0.923. The standard InChI is InChI=1S/C13H25NO/c1-5-6-13(4,11-15)10-14-8-7-12(2,3)9-14/h11H,5-10H2,1-4H3. The average molecular weight is 211 g/mol. The third kappa shape index (κ3) is 3.60. The van der Waals surface area contributed by atoms with Crippen LogP contribution in [0.1, 0.15) is 47.0 Å². The maximum absolute atomic E-state index is 11.1. The second-order valence-corrected chi connectivity index (χ2v) is 6.15. The number of likely N-dealkylation sites (tertiary alicyclic amines) is 1. The summed E-state index contributed by atoms with van der Waals surface area (Å²) in [5.41, 5.74) is 0.311. The van der Waals surface area contributed by atoms with E-state index in [0.717, 1.165) is 38.8 Å². The molecular weight excluding hydrogens is 186 g/mol. The Hall–Kier alpha value is -0.370. The lowest BCUT2D eigenvalue weighted by Crippen LogP contribution is -2.36. The van der Waals surface area contributed by atoms with E-state index in [2.05, 4.69) is 32.6 Å². The molecule has 15 heavy (non-hydrogen) atoms. The summed E-state index contributed by atoms with van der Waals surface area (Å²) >= 11 is 0. The molecule has 2 heteroatoms. The van der Waals surface area contributed by atoms with E-state index in [9.17, 15) is 4.79 Å². The molecule has 1 heterocycles. The Morgan fingerprint density at radius 2 is 2.13 bits per heavy atom. The van der Waals surface area contributed by atoms with E-state index in [4.69, 9.17) is 0 Å². The van der Waals surface area contributed by atoms with Crippen molar-refractivity contribution in [3.63, 3.8) is 0 Å². The monoisotopic (exact) mass is 211 g/mol. The van der Waals surface area contributed by atoms with Gasteiger partial charge < -0.3 is 9.69 Å². The smallest absolute Gasteiger partial charge is 0.127 e. The molecule has 0 spiro atoms. The van der Waals surface area contributed by atoms with E-state index in [1.807, 2.05) is 0 Å². The van der Waals surface area contributed by atoms with E-state index in [1.165, 1.54) is 6.42 Å². The summed E-state index contributed by atoms with van der Waals surface area (Å²) in [7, 11) is 0. The molecule has 0 bridgehead atoms. The molecule has 1 atom stereocenters. The molecule has 88 valence electrons. The summed E-state index contributed by atoms with van der Waals surface area (Å²) < 4.78 is 0. The first kappa shape index (κ1) is 12.7. The zero-order valence-electron chi connectivity index (χ0n) is 10.7. The van der Waals surface area contributed by atoms with Gasteiger partial charge in [0, 0.05) is 18.5 Å². The van der Waals surface area contributed by atoms with Gasteiger partial charge in [0.2, 0.25) is 0 Å². The first-order valence-electron chi connectivity index (χ1n) is 6.09. The van der Waals surface area contributed by atoms with Gasteiger partial charge in [0.1, 0.15) is 6.29 Å². The van der Waals surface area contributed by atoms with Gasteiger partial charge in [-0.05, 0) is 24.8 Å². The van der Waals surface area contributed by atoms with Gasteiger partial charge in [-0.15, -0.1) is 0 Å². The van der Waals surface area contributed by atoms with Crippen LogP contribution >= 0.6 is 0 Å². The van der Waals surface area contributed by atoms with Crippen molar-refractivity contribution in [3.8, 4) is 0 Å².